The molecule has 0 saturated carbocycles. The van der Waals surface area contributed by atoms with Gasteiger partial charge in [-0.15, -0.1) is 0 Å². The van der Waals surface area contributed by atoms with Crippen LogP contribution in [0.2, 0.25) is 0 Å². The third kappa shape index (κ3) is 4.70. The van der Waals surface area contributed by atoms with Gasteiger partial charge in [-0.25, -0.2) is 12.8 Å². The molecule has 0 aliphatic carbocycles. The summed E-state index contributed by atoms with van der Waals surface area (Å²) in [4.78, 5) is 0. The van der Waals surface area contributed by atoms with Crippen LogP contribution in [0.3, 0.4) is 0 Å². The van der Waals surface area contributed by atoms with Gasteiger partial charge in [0.05, 0.1) is 17.0 Å². The number of sulfone groups is 1. The number of hydrogen-bond donors (Lipinski definition) is 1. The van der Waals surface area contributed by atoms with Crippen LogP contribution in [0, 0.1) is 5.82 Å². The highest BCUT2D eigenvalue weighted by Crippen LogP contribution is 2.31. The Balaban J connectivity index is 2.71. The van der Waals surface area contributed by atoms with Crippen molar-refractivity contribution in [2.45, 2.75) is 13.1 Å². The van der Waals surface area contributed by atoms with Gasteiger partial charge in [0, 0.05) is 12.3 Å². The lowest BCUT2D eigenvalue weighted by atomic mass is 10.2. The molecule has 0 fully saturated rings. The second kappa shape index (κ2) is 5.77. The topological polar surface area (TPSA) is 46.2 Å². The number of rotatable bonds is 5. The molecule has 1 aromatic rings. The molecule has 108 valence electrons. The van der Waals surface area contributed by atoms with E-state index in [2.05, 4.69) is 5.32 Å². The Kier molecular flexibility index (Phi) is 4.78. The summed E-state index contributed by atoms with van der Waals surface area (Å²) in [5.41, 5.74) is -1.24. The summed E-state index contributed by atoms with van der Waals surface area (Å²) in [7, 11) is -3.20. The van der Waals surface area contributed by atoms with Crippen molar-refractivity contribution in [3.05, 3.63) is 29.6 Å². The lowest BCUT2D eigenvalue weighted by Gasteiger charge is -2.10. The summed E-state index contributed by atoms with van der Waals surface area (Å²) < 4.78 is 72.6. The third-order valence-corrected chi connectivity index (χ3v) is 4.17. The maximum atomic E-state index is 13.4. The zero-order chi connectivity index (χ0) is 14.7. The van der Waals surface area contributed by atoms with Crippen LogP contribution in [0.4, 0.5) is 23.2 Å². The van der Waals surface area contributed by atoms with E-state index < -0.39 is 27.4 Å². The van der Waals surface area contributed by atoms with Crippen LogP contribution in [0.5, 0.6) is 0 Å². The first-order valence-corrected chi connectivity index (χ1v) is 7.29. The zero-order valence-electron chi connectivity index (χ0n) is 10.1. The predicted octanol–water partition coefficient (Wildman–Crippen LogP) is 2.69. The molecule has 0 heterocycles. The van der Waals surface area contributed by atoms with Gasteiger partial charge < -0.3 is 5.32 Å². The van der Waals surface area contributed by atoms with Gasteiger partial charge in [0.1, 0.15) is 5.82 Å². The van der Waals surface area contributed by atoms with Gasteiger partial charge in [0.15, 0.2) is 9.84 Å². The Morgan fingerprint density at radius 1 is 1.26 bits per heavy atom. The minimum Gasteiger partial charge on any atom is -0.382 e. The highest BCUT2D eigenvalue weighted by atomic mass is 32.2. The number of alkyl halides is 3. The number of halogens is 4. The van der Waals surface area contributed by atoms with E-state index in [4.69, 9.17) is 0 Å². The lowest BCUT2D eigenvalue weighted by molar-refractivity contribution is -0.137. The van der Waals surface area contributed by atoms with Crippen molar-refractivity contribution in [1.82, 2.24) is 0 Å². The number of benzene rings is 1. The molecule has 1 aromatic carbocycles. The van der Waals surface area contributed by atoms with Crippen molar-refractivity contribution in [1.29, 1.82) is 0 Å². The summed E-state index contributed by atoms with van der Waals surface area (Å²) in [6, 6.07) is 2.05. The van der Waals surface area contributed by atoms with Crippen LogP contribution < -0.4 is 5.32 Å². The van der Waals surface area contributed by atoms with Crippen molar-refractivity contribution in [2.24, 2.45) is 0 Å². The molecular weight excluding hydrogens is 286 g/mol. The van der Waals surface area contributed by atoms with E-state index in [1.807, 2.05) is 0 Å². The highest BCUT2D eigenvalue weighted by Gasteiger charge is 2.31. The van der Waals surface area contributed by atoms with Crippen LogP contribution in [0.25, 0.3) is 0 Å². The second-order valence-electron chi connectivity index (χ2n) is 3.86. The quantitative estimate of drug-likeness (QED) is 0.850. The monoisotopic (exact) mass is 299 g/mol. The molecule has 0 amide bonds. The van der Waals surface area contributed by atoms with Crippen LogP contribution in [-0.2, 0) is 16.0 Å². The Morgan fingerprint density at radius 3 is 2.37 bits per heavy atom. The average molecular weight is 299 g/mol. The van der Waals surface area contributed by atoms with Gasteiger partial charge in [0.25, 0.3) is 0 Å². The molecule has 0 saturated heterocycles. The smallest absolute Gasteiger partial charge is 0.382 e. The molecule has 0 aliphatic heterocycles. The Bertz CT molecular complexity index is 540. The molecule has 0 bridgehead atoms. The van der Waals surface area contributed by atoms with E-state index >= 15 is 0 Å². The molecule has 0 unspecified atom stereocenters. The molecule has 19 heavy (non-hydrogen) atoms. The number of anilines is 1. The minimum atomic E-state index is -4.61. The van der Waals surface area contributed by atoms with Gasteiger partial charge in [0.2, 0.25) is 0 Å². The first-order valence-electron chi connectivity index (χ1n) is 5.47. The molecule has 0 atom stereocenters. The summed E-state index contributed by atoms with van der Waals surface area (Å²) in [5.74, 6) is -1.31. The van der Waals surface area contributed by atoms with E-state index in [1.54, 1.807) is 0 Å². The van der Waals surface area contributed by atoms with E-state index in [0.717, 1.165) is 12.1 Å². The molecule has 1 N–H and O–H groups in total. The Hall–Kier alpha value is -1.31. The van der Waals surface area contributed by atoms with Crippen molar-refractivity contribution in [2.75, 3.05) is 23.4 Å². The van der Waals surface area contributed by atoms with Gasteiger partial charge in [-0.2, -0.15) is 13.2 Å². The molecular formula is C11H13F4NO2S. The summed E-state index contributed by atoms with van der Waals surface area (Å²) in [6.45, 7) is 1.42. The largest absolute Gasteiger partial charge is 0.416 e. The van der Waals surface area contributed by atoms with E-state index in [9.17, 15) is 26.0 Å². The number of hydrogen-bond acceptors (Lipinski definition) is 3. The SMILES string of the molecule is CCS(=O)(=O)CCNc1ccc(C(F)(F)F)cc1F. The minimum absolute atomic E-state index is 0.0375. The summed E-state index contributed by atoms with van der Waals surface area (Å²) >= 11 is 0. The first kappa shape index (κ1) is 15.7. The molecule has 3 nitrogen and oxygen atoms in total. The van der Waals surface area contributed by atoms with Crippen LogP contribution in [0.1, 0.15) is 12.5 Å². The normalized spacial score (nSPS) is 12.5. The second-order valence-corrected chi connectivity index (χ2v) is 6.33. The van der Waals surface area contributed by atoms with Crippen molar-refractivity contribution < 1.29 is 26.0 Å². The maximum Gasteiger partial charge on any atom is 0.416 e. The van der Waals surface area contributed by atoms with E-state index in [0.29, 0.717) is 6.07 Å². The van der Waals surface area contributed by atoms with Crippen LogP contribution >= 0.6 is 0 Å². The first-order chi connectivity index (χ1) is 8.65. The van der Waals surface area contributed by atoms with Crippen LogP contribution in [0.15, 0.2) is 18.2 Å². The van der Waals surface area contributed by atoms with E-state index in [-0.39, 0.29) is 23.7 Å². The van der Waals surface area contributed by atoms with Crippen molar-refractivity contribution >= 4 is 15.5 Å². The van der Waals surface area contributed by atoms with Gasteiger partial charge in [-0.05, 0) is 18.2 Å². The molecule has 0 spiro atoms. The standard InChI is InChI=1S/C11H13F4NO2S/c1-2-19(17,18)6-5-16-10-4-3-8(7-9(10)12)11(13,14)15/h3-4,7,16H,2,5-6H2,1H3. The lowest BCUT2D eigenvalue weighted by Crippen LogP contribution is -2.17. The summed E-state index contributed by atoms with van der Waals surface area (Å²) in [5, 5.41) is 2.46. The van der Waals surface area contributed by atoms with Gasteiger partial charge in [-0.1, -0.05) is 6.92 Å². The number of nitrogens with one attached hydrogen (secondary N) is 1. The average Bonchev–Trinajstić information content (AvgIpc) is 2.30. The fourth-order valence-corrected chi connectivity index (χ4v) is 2.02. The van der Waals surface area contributed by atoms with Crippen molar-refractivity contribution in [3.63, 3.8) is 0 Å². The van der Waals surface area contributed by atoms with Gasteiger partial charge >= 0.3 is 6.18 Å². The summed E-state index contributed by atoms with van der Waals surface area (Å²) in [6.07, 6.45) is -4.61. The van der Waals surface area contributed by atoms with Crippen LogP contribution in [-0.4, -0.2) is 26.5 Å². The van der Waals surface area contributed by atoms with Gasteiger partial charge in [-0.3, -0.25) is 0 Å². The molecule has 8 heteroatoms. The maximum absolute atomic E-state index is 13.4. The molecule has 0 radical (unpaired) electrons. The Morgan fingerprint density at radius 2 is 1.89 bits per heavy atom. The van der Waals surface area contributed by atoms with E-state index in [1.165, 1.54) is 6.92 Å². The third-order valence-electron chi connectivity index (χ3n) is 2.46. The molecule has 1 rings (SSSR count). The highest BCUT2D eigenvalue weighted by molar-refractivity contribution is 7.91. The van der Waals surface area contributed by atoms with Crippen molar-refractivity contribution in [3.8, 4) is 0 Å². The fraction of sp³-hybridized carbons (Fsp3) is 0.455. The molecule has 0 aliphatic rings. The molecule has 0 aromatic heterocycles. The predicted molar refractivity (Wildman–Crippen MR) is 64.2 cm³/mol. The zero-order valence-corrected chi connectivity index (χ0v) is 10.9. The fourth-order valence-electron chi connectivity index (χ4n) is 1.32. The Labute approximate surface area is 108 Å².